The minimum absolute atomic E-state index is 0.220. The van der Waals surface area contributed by atoms with Gasteiger partial charge in [-0.2, -0.15) is 15.0 Å². The van der Waals surface area contributed by atoms with Crippen LogP contribution in [0, 0.1) is 0 Å². The summed E-state index contributed by atoms with van der Waals surface area (Å²) in [5.41, 5.74) is 7.88. The van der Waals surface area contributed by atoms with Gasteiger partial charge >= 0.3 is 0 Å². The van der Waals surface area contributed by atoms with Gasteiger partial charge in [0, 0.05) is 31.9 Å². The van der Waals surface area contributed by atoms with E-state index in [9.17, 15) is 0 Å². The summed E-state index contributed by atoms with van der Waals surface area (Å²) in [5.74, 6) is 1.35. The van der Waals surface area contributed by atoms with E-state index in [1.54, 1.807) is 0 Å². The van der Waals surface area contributed by atoms with Crippen molar-refractivity contribution >= 4 is 34.9 Å². The first-order chi connectivity index (χ1) is 13.7. The van der Waals surface area contributed by atoms with E-state index >= 15 is 0 Å². The second-order valence-corrected chi connectivity index (χ2v) is 7.05. The lowest BCUT2D eigenvalue weighted by Crippen LogP contribution is -2.46. The second-order valence-electron chi connectivity index (χ2n) is 6.64. The molecule has 28 heavy (non-hydrogen) atoms. The Labute approximate surface area is 169 Å². The number of para-hydroxylation sites is 2. The molecule has 1 aliphatic heterocycles. The highest BCUT2D eigenvalue weighted by molar-refractivity contribution is 6.33. The number of nitrogens with two attached hydrogens (primary N) is 1. The number of nitrogens with one attached hydrogen (secondary N) is 1. The summed E-state index contributed by atoms with van der Waals surface area (Å²) >= 11 is 6.32. The van der Waals surface area contributed by atoms with Crippen LogP contribution < -0.4 is 16.0 Å². The van der Waals surface area contributed by atoms with Gasteiger partial charge in [0.25, 0.3) is 0 Å². The molecule has 1 aromatic heterocycles. The molecule has 0 bridgehead atoms. The molecule has 0 aliphatic carbocycles. The number of hydrogen-bond donors (Lipinski definition) is 2. The van der Waals surface area contributed by atoms with Crippen LogP contribution in [-0.2, 0) is 6.54 Å². The smallest absolute Gasteiger partial charge is 0.232 e. The molecule has 7 nitrogen and oxygen atoms in total. The van der Waals surface area contributed by atoms with Crippen LogP contribution in [0.15, 0.2) is 54.6 Å². The van der Waals surface area contributed by atoms with E-state index in [0.717, 1.165) is 42.6 Å². The molecule has 1 saturated heterocycles. The lowest BCUT2D eigenvalue weighted by molar-refractivity contribution is 0.244. The van der Waals surface area contributed by atoms with E-state index in [1.165, 1.54) is 0 Å². The highest BCUT2D eigenvalue weighted by Crippen LogP contribution is 2.26. The van der Waals surface area contributed by atoms with Gasteiger partial charge in [-0.15, -0.1) is 0 Å². The Morgan fingerprint density at radius 1 is 0.893 bits per heavy atom. The highest BCUT2D eigenvalue weighted by Gasteiger charge is 2.20. The van der Waals surface area contributed by atoms with Gasteiger partial charge in [0.1, 0.15) is 5.82 Å². The zero-order valence-corrected chi connectivity index (χ0v) is 16.2. The predicted octanol–water partition coefficient (Wildman–Crippen LogP) is 3.17. The third kappa shape index (κ3) is 4.49. The highest BCUT2D eigenvalue weighted by atomic mass is 35.5. The number of benzene rings is 2. The van der Waals surface area contributed by atoms with Crippen molar-refractivity contribution in [3.63, 3.8) is 0 Å². The van der Waals surface area contributed by atoms with Crippen LogP contribution >= 0.6 is 11.6 Å². The van der Waals surface area contributed by atoms with Crippen LogP contribution in [0.3, 0.4) is 0 Å². The molecule has 1 aliphatic rings. The fraction of sp³-hybridized carbons (Fsp3) is 0.250. The molecule has 1 fully saturated rings. The summed E-state index contributed by atoms with van der Waals surface area (Å²) < 4.78 is 0. The number of anilines is 4. The molecule has 0 amide bonds. The first-order valence-electron chi connectivity index (χ1n) is 9.22. The fourth-order valence-corrected chi connectivity index (χ4v) is 3.53. The molecule has 4 rings (SSSR count). The minimum Gasteiger partial charge on any atom is -0.368 e. The summed E-state index contributed by atoms with van der Waals surface area (Å²) in [4.78, 5) is 17.6. The molecule has 0 radical (unpaired) electrons. The van der Waals surface area contributed by atoms with Crippen LogP contribution in [0.4, 0.5) is 23.3 Å². The van der Waals surface area contributed by atoms with Gasteiger partial charge in [-0.1, -0.05) is 41.9 Å². The molecule has 8 heteroatoms. The van der Waals surface area contributed by atoms with Crippen LogP contribution in [-0.4, -0.2) is 46.0 Å². The predicted molar refractivity (Wildman–Crippen MR) is 113 cm³/mol. The normalized spacial score (nSPS) is 14.8. The van der Waals surface area contributed by atoms with Crippen molar-refractivity contribution in [1.82, 2.24) is 19.9 Å². The Morgan fingerprint density at radius 3 is 2.36 bits per heavy atom. The SMILES string of the molecule is Nc1nc(CN2CCN(c3ccccc3Cl)CC2)nc(Nc2ccccc2)n1. The number of halogens is 1. The van der Waals surface area contributed by atoms with Crippen LogP contribution in [0.2, 0.25) is 5.02 Å². The van der Waals surface area contributed by atoms with E-state index in [0.29, 0.717) is 18.3 Å². The lowest BCUT2D eigenvalue weighted by atomic mass is 10.2. The van der Waals surface area contributed by atoms with Crippen molar-refractivity contribution < 1.29 is 0 Å². The largest absolute Gasteiger partial charge is 0.368 e. The van der Waals surface area contributed by atoms with Gasteiger partial charge in [-0.05, 0) is 24.3 Å². The maximum atomic E-state index is 6.32. The van der Waals surface area contributed by atoms with E-state index in [-0.39, 0.29) is 5.95 Å². The summed E-state index contributed by atoms with van der Waals surface area (Å²) in [6.45, 7) is 4.24. The number of aromatic nitrogens is 3. The zero-order chi connectivity index (χ0) is 19.3. The topological polar surface area (TPSA) is 83.2 Å². The third-order valence-electron chi connectivity index (χ3n) is 4.66. The molecule has 144 valence electrons. The molecule has 2 aromatic carbocycles. The molecule has 3 N–H and O–H groups in total. The Kier molecular flexibility index (Phi) is 5.55. The van der Waals surface area contributed by atoms with Crippen molar-refractivity contribution in [2.75, 3.05) is 42.1 Å². The van der Waals surface area contributed by atoms with Gasteiger partial charge in [-0.25, -0.2) is 0 Å². The Morgan fingerprint density at radius 2 is 1.61 bits per heavy atom. The van der Waals surface area contributed by atoms with Gasteiger partial charge < -0.3 is 16.0 Å². The Hall–Kier alpha value is -2.90. The van der Waals surface area contributed by atoms with Gasteiger partial charge in [0.15, 0.2) is 0 Å². The number of nitrogens with zero attached hydrogens (tertiary/aromatic N) is 5. The molecule has 3 aromatic rings. The fourth-order valence-electron chi connectivity index (χ4n) is 3.27. The van der Waals surface area contributed by atoms with Crippen molar-refractivity contribution in [2.24, 2.45) is 0 Å². The standard InChI is InChI=1S/C20H22ClN7/c21-16-8-4-5-9-17(16)28-12-10-27(11-13-28)14-18-24-19(22)26-20(25-18)23-15-6-2-1-3-7-15/h1-9H,10-14H2,(H3,22,23,24,25,26). The maximum absolute atomic E-state index is 6.32. The number of nitrogen functional groups attached to an aromatic ring is 1. The van der Waals surface area contributed by atoms with Crippen molar-refractivity contribution in [3.8, 4) is 0 Å². The molecule has 0 spiro atoms. The van der Waals surface area contributed by atoms with Crippen molar-refractivity contribution in [3.05, 3.63) is 65.4 Å². The monoisotopic (exact) mass is 395 g/mol. The number of piperazine rings is 1. The molecule has 2 heterocycles. The molecule has 0 saturated carbocycles. The summed E-state index contributed by atoms with van der Waals surface area (Å²) in [6, 6.07) is 17.7. The van der Waals surface area contributed by atoms with Crippen LogP contribution in [0.1, 0.15) is 5.82 Å². The summed E-state index contributed by atoms with van der Waals surface area (Å²) in [5, 5.41) is 3.96. The Bertz CT molecular complexity index is 927. The van der Waals surface area contributed by atoms with Crippen molar-refractivity contribution in [2.45, 2.75) is 6.54 Å². The lowest BCUT2D eigenvalue weighted by Gasteiger charge is -2.36. The van der Waals surface area contributed by atoms with E-state index < -0.39 is 0 Å². The van der Waals surface area contributed by atoms with Gasteiger partial charge in [-0.3, -0.25) is 4.90 Å². The molecule has 0 unspecified atom stereocenters. The van der Waals surface area contributed by atoms with Crippen LogP contribution in [0.5, 0.6) is 0 Å². The molecular formula is C20H22ClN7. The van der Waals surface area contributed by atoms with E-state index in [2.05, 4.69) is 36.1 Å². The summed E-state index contributed by atoms with van der Waals surface area (Å²) in [6.07, 6.45) is 0. The minimum atomic E-state index is 0.220. The van der Waals surface area contributed by atoms with Gasteiger partial charge in [0.05, 0.1) is 17.3 Å². The zero-order valence-electron chi connectivity index (χ0n) is 15.4. The summed E-state index contributed by atoms with van der Waals surface area (Å²) in [7, 11) is 0. The average Bonchev–Trinajstić information content (AvgIpc) is 2.69. The number of rotatable bonds is 5. The molecule has 0 atom stereocenters. The average molecular weight is 396 g/mol. The second kappa shape index (κ2) is 8.41. The first kappa shape index (κ1) is 18.5. The van der Waals surface area contributed by atoms with E-state index in [4.69, 9.17) is 17.3 Å². The number of hydrogen-bond acceptors (Lipinski definition) is 7. The van der Waals surface area contributed by atoms with Crippen molar-refractivity contribution in [1.29, 1.82) is 0 Å². The maximum Gasteiger partial charge on any atom is 0.232 e. The quantitative estimate of drug-likeness (QED) is 0.686. The van der Waals surface area contributed by atoms with Gasteiger partial charge in [0.2, 0.25) is 11.9 Å². The Balaban J connectivity index is 1.39. The first-order valence-corrected chi connectivity index (χ1v) is 9.59. The van der Waals surface area contributed by atoms with E-state index in [1.807, 2.05) is 48.5 Å². The third-order valence-corrected chi connectivity index (χ3v) is 4.98. The van der Waals surface area contributed by atoms with Crippen LogP contribution in [0.25, 0.3) is 0 Å². The molecular weight excluding hydrogens is 374 g/mol.